The maximum atomic E-state index is 12.2. The number of benzene rings is 3. The predicted molar refractivity (Wildman–Crippen MR) is 125 cm³/mol. The summed E-state index contributed by atoms with van der Waals surface area (Å²) < 4.78 is 5.32. The van der Waals surface area contributed by atoms with E-state index in [2.05, 4.69) is 5.32 Å². The molecule has 0 saturated carbocycles. The lowest BCUT2D eigenvalue weighted by atomic mass is 10.1. The number of nitro benzene ring substituents is 1. The molecule has 160 valence electrons. The number of hydrogen-bond acceptors (Lipinski definition) is 6. The molecule has 0 aliphatic heterocycles. The Morgan fingerprint density at radius 1 is 1.00 bits per heavy atom. The lowest BCUT2D eigenvalue weighted by Gasteiger charge is -2.08. The molecule has 0 aliphatic carbocycles. The van der Waals surface area contributed by atoms with Gasteiger partial charge in [-0.05, 0) is 25.1 Å². The van der Waals surface area contributed by atoms with E-state index in [9.17, 15) is 14.9 Å². The van der Waals surface area contributed by atoms with Crippen molar-refractivity contribution in [2.24, 2.45) is 0 Å². The van der Waals surface area contributed by atoms with Crippen LogP contribution in [0.2, 0.25) is 0 Å². The second-order valence-electron chi connectivity index (χ2n) is 6.93. The minimum atomic E-state index is -0.546. The van der Waals surface area contributed by atoms with E-state index < -0.39 is 10.8 Å². The van der Waals surface area contributed by atoms with E-state index in [0.29, 0.717) is 5.69 Å². The molecule has 0 bridgehead atoms. The summed E-state index contributed by atoms with van der Waals surface area (Å²) in [5.41, 5.74) is 3.36. The van der Waals surface area contributed by atoms with E-state index in [1.54, 1.807) is 35.6 Å². The highest BCUT2D eigenvalue weighted by Gasteiger charge is 2.15. The number of hydrogen-bond donors (Lipinski definition) is 1. The van der Waals surface area contributed by atoms with Gasteiger partial charge in [-0.15, -0.1) is 11.3 Å². The van der Waals surface area contributed by atoms with Gasteiger partial charge < -0.3 is 10.1 Å². The minimum absolute atomic E-state index is 0.0521. The van der Waals surface area contributed by atoms with Gasteiger partial charge in [-0.25, -0.2) is 4.98 Å². The summed E-state index contributed by atoms with van der Waals surface area (Å²) in [5, 5.41) is 14.7. The average molecular weight is 446 g/mol. The summed E-state index contributed by atoms with van der Waals surface area (Å²) in [5.74, 6) is -0.358. The third kappa shape index (κ3) is 4.81. The van der Waals surface area contributed by atoms with Gasteiger partial charge in [0.1, 0.15) is 5.01 Å². The van der Waals surface area contributed by atoms with Crippen molar-refractivity contribution in [3.05, 3.63) is 93.9 Å². The van der Waals surface area contributed by atoms with Crippen LogP contribution in [0.15, 0.2) is 78.9 Å². The highest BCUT2D eigenvalue weighted by Crippen LogP contribution is 2.33. The minimum Gasteiger partial charge on any atom is -0.477 e. The normalized spacial score (nSPS) is 10.5. The molecule has 1 amide bonds. The molecule has 0 fully saturated rings. The predicted octanol–water partition coefficient (Wildman–Crippen LogP) is 5.71. The van der Waals surface area contributed by atoms with Crippen molar-refractivity contribution in [1.29, 1.82) is 0 Å². The lowest BCUT2D eigenvalue weighted by molar-refractivity contribution is -0.385. The van der Waals surface area contributed by atoms with E-state index in [-0.39, 0.29) is 18.0 Å². The summed E-state index contributed by atoms with van der Waals surface area (Å²) in [7, 11) is 0. The van der Waals surface area contributed by atoms with Crippen LogP contribution in [0.1, 0.15) is 4.88 Å². The van der Waals surface area contributed by atoms with Crippen molar-refractivity contribution in [2.45, 2.75) is 6.92 Å². The van der Waals surface area contributed by atoms with Crippen LogP contribution >= 0.6 is 11.3 Å². The first-order valence-corrected chi connectivity index (χ1v) is 10.6. The standard InChI is InChI=1S/C24H19N3O4S/c1-16-23(26-24(32-16)18-7-3-2-4-8-18)17-11-13-19(14-12-17)25-22(28)15-31-21-10-6-5-9-20(21)27(29)30/h2-14H,15H2,1H3,(H,25,28). The Morgan fingerprint density at radius 3 is 2.41 bits per heavy atom. The van der Waals surface area contributed by atoms with Gasteiger partial charge in [-0.3, -0.25) is 14.9 Å². The number of carbonyl (C=O) groups is 1. The zero-order chi connectivity index (χ0) is 22.5. The molecule has 0 radical (unpaired) electrons. The molecule has 1 N–H and O–H groups in total. The fourth-order valence-electron chi connectivity index (χ4n) is 3.15. The molecule has 0 unspecified atom stereocenters. The van der Waals surface area contributed by atoms with Gasteiger partial charge in [0.05, 0.1) is 10.6 Å². The van der Waals surface area contributed by atoms with Gasteiger partial charge >= 0.3 is 5.69 Å². The monoisotopic (exact) mass is 445 g/mol. The maximum absolute atomic E-state index is 12.2. The number of nitrogens with zero attached hydrogens (tertiary/aromatic N) is 2. The largest absolute Gasteiger partial charge is 0.477 e. The molecule has 1 heterocycles. The summed E-state index contributed by atoms with van der Waals surface area (Å²) in [6, 6.07) is 23.3. The van der Waals surface area contributed by atoms with Gasteiger partial charge in [0.25, 0.3) is 5.91 Å². The lowest BCUT2D eigenvalue weighted by Crippen LogP contribution is -2.20. The molecule has 8 heteroatoms. The Bertz CT molecular complexity index is 1250. The van der Waals surface area contributed by atoms with Crippen LogP contribution in [0, 0.1) is 17.0 Å². The number of amides is 1. The number of carbonyl (C=O) groups excluding carboxylic acids is 1. The summed E-state index contributed by atoms with van der Waals surface area (Å²) in [4.78, 5) is 28.6. The second kappa shape index (κ2) is 9.40. The number of anilines is 1. The fraction of sp³-hybridized carbons (Fsp3) is 0.0833. The van der Waals surface area contributed by atoms with Gasteiger partial charge in [-0.1, -0.05) is 54.6 Å². The number of nitro groups is 1. The Kier molecular flexibility index (Phi) is 6.23. The van der Waals surface area contributed by atoms with Crippen LogP contribution in [0.25, 0.3) is 21.8 Å². The number of ether oxygens (including phenoxy) is 1. The third-order valence-electron chi connectivity index (χ3n) is 4.68. The summed E-state index contributed by atoms with van der Waals surface area (Å²) in [6.45, 7) is 1.70. The zero-order valence-electron chi connectivity index (χ0n) is 17.1. The highest BCUT2D eigenvalue weighted by molar-refractivity contribution is 7.15. The van der Waals surface area contributed by atoms with E-state index in [0.717, 1.165) is 26.7 Å². The van der Waals surface area contributed by atoms with E-state index in [1.807, 2.05) is 49.4 Å². The summed E-state index contributed by atoms with van der Waals surface area (Å²) >= 11 is 1.64. The molecular weight excluding hydrogens is 426 g/mol. The van der Waals surface area contributed by atoms with Crippen molar-refractivity contribution in [3.63, 3.8) is 0 Å². The SMILES string of the molecule is Cc1sc(-c2ccccc2)nc1-c1ccc(NC(=O)COc2ccccc2[N+](=O)[O-])cc1. The molecule has 4 rings (SSSR count). The van der Waals surface area contributed by atoms with Crippen molar-refractivity contribution >= 4 is 28.6 Å². The van der Waals surface area contributed by atoms with E-state index in [4.69, 9.17) is 9.72 Å². The topological polar surface area (TPSA) is 94.4 Å². The van der Waals surface area contributed by atoms with Gasteiger partial charge in [-0.2, -0.15) is 0 Å². The summed E-state index contributed by atoms with van der Waals surface area (Å²) in [6.07, 6.45) is 0. The fourth-order valence-corrected chi connectivity index (χ4v) is 4.09. The number of para-hydroxylation sites is 2. The Labute approximate surface area is 188 Å². The zero-order valence-corrected chi connectivity index (χ0v) is 18.0. The molecule has 32 heavy (non-hydrogen) atoms. The first-order valence-electron chi connectivity index (χ1n) is 9.80. The number of nitrogens with one attached hydrogen (secondary N) is 1. The second-order valence-corrected chi connectivity index (χ2v) is 8.13. The van der Waals surface area contributed by atoms with Crippen molar-refractivity contribution < 1.29 is 14.5 Å². The van der Waals surface area contributed by atoms with Crippen molar-refractivity contribution in [3.8, 4) is 27.6 Å². The number of aromatic nitrogens is 1. The third-order valence-corrected chi connectivity index (χ3v) is 5.70. The molecule has 4 aromatic rings. The van der Waals surface area contributed by atoms with Crippen LogP contribution in [0.5, 0.6) is 5.75 Å². The molecule has 7 nitrogen and oxygen atoms in total. The van der Waals surface area contributed by atoms with Gasteiger partial charge in [0.2, 0.25) is 0 Å². The maximum Gasteiger partial charge on any atom is 0.310 e. The number of thiazole rings is 1. The first-order chi connectivity index (χ1) is 15.5. The average Bonchev–Trinajstić information content (AvgIpc) is 3.20. The van der Waals surface area contributed by atoms with Crippen LogP contribution < -0.4 is 10.1 Å². The van der Waals surface area contributed by atoms with Crippen LogP contribution in [0.4, 0.5) is 11.4 Å². The van der Waals surface area contributed by atoms with Crippen molar-refractivity contribution in [2.75, 3.05) is 11.9 Å². The molecule has 0 saturated heterocycles. The number of rotatable bonds is 7. The molecule has 1 aromatic heterocycles. The molecule has 0 aliphatic rings. The number of aryl methyl sites for hydroxylation is 1. The Balaban J connectivity index is 1.41. The highest BCUT2D eigenvalue weighted by atomic mass is 32.1. The Morgan fingerprint density at radius 2 is 1.69 bits per heavy atom. The first kappa shape index (κ1) is 21.2. The van der Waals surface area contributed by atoms with Crippen LogP contribution in [-0.2, 0) is 4.79 Å². The molecule has 0 spiro atoms. The van der Waals surface area contributed by atoms with Crippen molar-refractivity contribution in [1.82, 2.24) is 4.98 Å². The molecular formula is C24H19N3O4S. The molecule has 3 aromatic carbocycles. The van der Waals surface area contributed by atoms with Crippen LogP contribution in [-0.4, -0.2) is 22.4 Å². The van der Waals surface area contributed by atoms with E-state index in [1.165, 1.54) is 12.1 Å². The van der Waals surface area contributed by atoms with E-state index >= 15 is 0 Å². The van der Waals surface area contributed by atoms with Gasteiger partial charge in [0, 0.05) is 27.8 Å². The smallest absolute Gasteiger partial charge is 0.310 e. The van der Waals surface area contributed by atoms with Crippen LogP contribution in [0.3, 0.4) is 0 Å². The van der Waals surface area contributed by atoms with Gasteiger partial charge in [0.15, 0.2) is 12.4 Å². The molecule has 0 atom stereocenters. The Hall–Kier alpha value is -4.04. The quantitative estimate of drug-likeness (QED) is 0.290.